The van der Waals surface area contributed by atoms with Crippen LogP contribution in [-0.2, 0) is 5.79 Å². The van der Waals surface area contributed by atoms with Crippen molar-refractivity contribution in [2.45, 2.75) is 5.79 Å². The first-order valence-corrected chi connectivity index (χ1v) is 7.27. The third-order valence-electron chi connectivity index (χ3n) is 3.93. The normalized spacial score (nSPS) is 14.5. The number of benzene rings is 2. The van der Waals surface area contributed by atoms with Crippen molar-refractivity contribution >= 4 is 11.4 Å². The van der Waals surface area contributed by atoms with Crippen molar-refractivity contribution in [3.63, 3.8) is 0 Å². The van der Waals surface area contributed by atoms with Crippen LogP contribution in [-0.4, -0.2) is 14.5 Å². The Kier molecular flexibility index (Phi) is 2.92. The van der Waals surface area contributed by atoms with Crippen LogP contribution in [0.2, 0.25) is 0 Å². The van der Waals surface area contributed by atoms with Gasteiger partial charge in [-0.25, -0.2) is 14.4 Å². The highest BCUT2D eigenvalue weighted by Crippen LogP contribution is 2.38. The molecule has 120 valence electrons. The number of aromatic nitrogens is 3. The summed E-state index contributed by atoms with van der Waals surface area (Å²) in [5.41, 5.74) is -0.376. The molecular weight excluding hydrogens is 310 g/mol. The van der Waals surface area contributed by atoms with Crippen LogP contribution in [0.4, 0.5) is 11.4 Å². The molecule has 0 saturated heterocycles. The van der Waals surface area contributed by atoms with Gasteiger partial charge in [-0.15, -0.1) is 0 Å². The first kappa shape index (κ1) is 14.1. The lowest BCUT2D eigenvalue weighted by Crippen LogP contribution is -2.59. The van der Waals surface area contributed by atoms with E-state index in [9.17, 15) is 14.4 Å². The molecular formula is C16H13N5O3. The molecule has 0 spiro atoms. The molecule has 0 radical (unpaired) electrons. The quantitative estimate of drug-likeness (QED) is 0.546. The van der Waals surface area contributed by atoms with Crippen molar-refractivity contribution in [2.75, 3.05) is 10.6 Å². The van der Waals surface area contributed by atoms with Crippen molar-refractivity contribution in [1.82, 2.24) is 14.5 Å². The second-order valence-electron chi connectivity index (χ2n) is 5.40. The largest absolute Gasteiger partial charge is 0.340 e. The number of fused-ring (bicyclic) bond motifs is 1. The summed E-state index contributed by atoms with van der Waals surface area (Å²) in [6, 6.07) is 16.3. The van der Waals surface area contributed by atoms with Crippen LogP contribution in [0.3, 0.4) is 0 Å². The lowest BCUT2D eigenvalue weighted by atomic mass is 10.1. The molecule has 0 aliphatic carbocycles. The highest BCUT2D eigenvalue weighted by Gasteiger charge is 2.42. The Morgan fingerprint density at radius 3 is 1.75 bits per heavy atom. The summed E-state index contributed by atoms with van der Waals surface area (Å²) in [5.74, 6) is -1.35. The molecule has 1 aromatic heterocycles. The van der Waals surface area contributed by atoms with E-state index >= 15 is 0 Å². The highest BCUT2D eigenvalue weighted by molar-refractivity contribution is 5.76. The topological polar surface area (TPSA) is 112 Å². The molecule has 0 bridgehead atoms. The van der Waals surface area contributed by atoms with E-state index in [4.69, 9.17) is 0 Å². The summed E-state index contributed by atoms with van der Waals surface area (Å²) in [6.07, 6.45) is 0. The molecule has 1 aliphatic heterocycles. The molecule has 3 aromatic rings. The van der Waals surface area contributed by atoms with Crippen LogP contribution >= 0.6 is 0 Å². The van der Waals surface area contributed by atoms with Crippen LogP contribution in [0.25, 0.3) is 0 Å². The van der Waals surface area contributed by atoms with E-state index in [1.807, 2.05) is 30.3 Å². The average molecular weight is 323 g/mol. The van der Waals surface area contributed by atoms with Gasteiger partial charge in [0.15, 0.2) is 0 Å². The maximum Gasteiger partial charge on any atom is 0.337 e. The fourth-order valence-electron chi connectivity index (χ4n) is 2.92. The Labute approximate surface area is 134 Å². The second-order valence-corrected chi connectivity index (χ2v) is 5.40. The molecule has 4 N–H and O–H groups in total. The fourth-order valence-corrected chi connectivity index (χ4v) is 2.92. The minimum Gasteiger partial charge on any atom is -0.340 e. The van der Waals surface area contributed by atoms with Gasteiger partial charge < -0.3 is 10.6 Å². The van der Waals surface area contributed by atoms with Crippen molar-refractivity contribution in [3.05, 3.63) is 91.6 Å². The second kappa shape index (κ2) is 4.98. The smallest absolute Gasteiger partial charge is 0.337 e. The van der Waals surface area contributed by atoms with E-state index in [0.29, 0.717) is 5.56 Å². The van der Waals surface area contributed by atoms with Crippen LogP contribution in [0.5, 0.6) is 0 Å². The van der Waals surface area contributed by atoms with E-state index in [2.05, 4.69) is 20.6 Å². The van der Waals surface area contributed by atoms with Gasteiger partial charge in [0.1, 0.15) is 0 Å². The molecule has 0 unspecified atom stereocenters. The molecule has 0 fully saturated rings. The van der Waals surface area contributed by atoms with Crippen LogP contribution in [0.15, 0.2) is 69.0 Å². The van der Waals surface area contributed by atoms with Crippen molar-refractivity contribution in [1.29, 1.82) is 0 Å². The molecule has 8 nitrogen and oxygen atoms in total. The fraction of sp³-hybridized carbons (Fsp3) is 0.0625. The number of para-hydroxylation sites is 2. The summed E-state index contributed by atoms with van der Waals surface area (Å²) in [6.45, 7) is 0. The first-order valence-electron chi connectivity index (χ1n) is 7.27. The van der Waals surface area contributed by atoms with Gasteiger partial charge in [0.25, 0.3) is 0 Å². The summed E-state index contributed by atoms with van der Waals surface area (Å²) < 4.78 is 0.920. The molecule has 8 heteroatoms. The van der Waals surface area contributed by atoms with E-state index < -0.39 is 22.9 Å². The number of nitrogens with zero attached hydrogens (tertiary/aromatic N) is 1. The summed E-state index contributed by atoms with van der Waals surface area (Å²) in [7, 11) is 0. The van der Waals surface area contributed by atoms with Gasteiger partial charge in [0.2, 0.25) is 5.79 Å². The van der Waals surface area contributed by atoms with Crippen LogP contribution in [0, 0.1) is 0 Å². The van der Waals surface area contributed by atoms with Crippen molar-refractivity contribution in [2.24, 2.45) is 0 Å². The first-order chi connectivity index (χ1) is 11.6. The predicted molar refractivity (Wildman–Crippen MR) is 89.1 cm³/mol. The van der Waals surface area contributed by atoms with E-state index in [-0.39, 0.29) is 0 Å². The average Bonchev–Trinajstić information content (AvgIpc) is 2.95. The van der Waals surface area contributed by atoms with Gasteiger partial charge in [-0.3, -0.25) is 9.97 Å². The number of aromatic amines is 2. The van der Waals surface area contributed by atoms with E-state index in [0.717, 1.165) is 15.9 Å². The third-order valence-corrected chi connectivity index (χ3v) is 3.93. The molecule has 2 aromatic carbocycles. The summed E-state index contributed by atoms with van der Waals surface area (Å²) in [5, 5.41) is 6.38. The predicted octanol–water partition coefficient (Wildman–Crippen LogP) is 0.421. The molecule has 4 rings (SSSR count). The number of anilines is 2. The summed E-state index contributed by atoms with van der Waals surface area (Å²) >= 11 is 0. The molecule has 0 saturated carbocycles. The van der Waals surface area contributed by atoms with Gasteiger partial charge in [-0.2, -0.15) is 4.57 Å². The zero-order chi connectivity index (χ0) is 16.7. The molecule has 2 heterocycles. The lowest BCUT2D eigenvalue weighted by molar-refractivity contribution is 0.428. The van der Waals surface area contributed by atoms with Gasteiger partial charge in [-0.05, 0) is 12.1 Å². The Bertz CT molecular complexity index is 1020. The van der Waals surface area contributed by atoms with E-state index in [1.54, 1.807) is 24.3 Å². The van der Waals surface area contributed by atoms with Crippen LogP contribution < -0.4 is 27.7 Å². The van der Waals surface area contributed by atoms with Gasteiger partial charge in [0, 0.05) is 5.56 Å². The number of hydrogen-bond donors (Lipinski definition) is 4. The van der Waals surface area contributed by atoms with Crippen LogP contribution in [0.1, 0.15) is 5.56 Å². The highest BCUT2D eigenvalue weighted by atomic mass is 16.2. The monoisotopic (exact) mass is 323 g/mol. The number of H-pyrrole nitrogens is 2. The molecule has 24 heavy (non-hydrogen) atoms. The van der Waals surface area contributed by atoms with Gasteiger partial charge in [-0.1, -0.05) is 42.5 Å². The molecule has 0 atom stereocenters. The Morgan fingerprint density at radius 2 is 1.21 bits per heavy atom. The Balaban J connectivity index is 2.04. The third kappa shape index (κ3) is 1.97. The Hall–Kier alpha value is -3.55. The number of rotatable bonds is 2. The van der Waals surface area contributed by atoms with Gasteiger partial charge >= 0.3 is 17.1 Å². The standard InChI is InChI=1S/C16H13N5O3/c22-13-17-14(23)21(15(24)18-13)16(10-6-2-1-3-7-10)19-11-8-4-5-9-12(11)20-16/h1-9,19-20H,(H2,17,18,22,23,24). The minimum absolute atomic E-state index is 0.640. The maximum atomic E-state index is 12.4. The summed E-state index contributed by atoms with van der Waals surface area (Å²) in [4.78, 5) is 40.3. The number of hydrogen-bond acceptors (Lipinski definition) is 5. The number of nitrogens with one attached hydrogen (secondary N) is 4. The zero-order valence-electron chi connectivity index (χ0n) is 12.4. The minimum atomic E-state index is -1.35. The van der Waals surface area contributed by atoms with Gasteiger partial charge in [0.05, 0.1) is 11.4 Å². The maximum absolute atomic E-state index is 12.4. The molecule has 0 amide bonds. The lowest BCUT2D eigenvalue weighted by Gasteiger charge is -2.31. The van der Waals surface area contributed by atoms with E-state index in [1.165, 1.54) is 0 Å². The van der Waals surface area contributed by atoms with Crippen molar-refractivity contribution in [3.8, 4) is 0 Å². The Morgan fingerprint density at radius 1 is 0.708 bits per heavy atom. The zero-order valence-corrected chi connectivity index (χ0v) is 12.4. The SMILES string of the molecule is O=c1[nH]c(=O)n(C2(c3ccccc3)Nc3ccccc3N2)c(=O)[nH]1. The van der Waals surface area contributed by atoms with Crippen molar-refractivity contribution < 1.29 is 0 Å². The molecule has 1 aliphatic rings.